The molecule has 2 N–H and O–H groups in total. The van der Waals surface area contributed by atoms with E-state index < -0.39 is 17.5 Å². The van der Waals surface area contributed by atoms with Crippen molar-refractivity contribution in [3.05, 3.63) is 35.6 Å². The van der Waals surface area contributed by atoms with Gasteiger partial charge in [0.15, 0.2) is 6.17 Å². The first-order chi connectivity index (χ1) is 7.54. The molecule has 16 heavy (non-hydrogen) atoms. The van der Waals surface area contributed by atoms with Gasteiger partial charge < -0.3 is 10.5 Å². The predicted molar refractivity (Wildman–Crippen MR) is 55.1 cm³/mol. The van der Waals surface area contributed by atoms with Crippen LogP contribution < -0.4 is 5.73 Å². The Balaban J connectivity index is 2.52. The second-order valence-electron chi connectivity index (χ2n) is 3.78. The molecule has 0 aliphatic carbocycles. The van der Waals surface area contributed by atoms with E-state index >= 15 is 0 Å². The first-order valence-electron chi connectivity index (χ1n) is 4.82. The highest BCUT2D eigenvalue weighted by molar-refractivity contribution is 5.73. The fourth-order valence-electron chi connectivity index (χ4n) is 1.68. The molecule has 0 aromatic heterocycles. The summed E-state index contributed by atoms with van der Waals surface area (Å²) in [5.41, 5.74) is 4.18. The molecule has 0 unspecified atom stereocenters. The van der Waals surface area contributed by atoms with E-state index in [9.17, 15) is 8.78 Å². The van der Waals surface area contributed by atoms with Gasteiger partial charge in [0.1, 0.15) is 18.0 Å². The van der Waals surface area contributed by atoms with Crippen LogP contribution in [0.4, 0.5) is 8.78 Å². The maximum Gasteiger partial charge on any atom is 0.283 e. The summed E-state index contributed by atoms with van der Waals surface area (Å²) in [7, 11) is 0. The van der Waals surface area contributed by atoms with Gasteiger partial charge in [0.05, 0.1) is 0 Å². The van der Waals surface area contributed by atoms with Crippen LogP contribution in [0.5, 0.6) is 0 Å². The van der Waals surface area contributed by atoms with E-state index in [1.54, 1.807) is 0 Å². The van der Waals surface area contributed by atoms with E-state index in [0.29, 0.717) is 0 Å². The summed E-state index contributed by atoms with van der Waals surface area (Å²) in [6, 6.07) is 6.59. The summed E-state index contributed by atoms with van der Waals surface area (Å²) in [5, 5.41) is 0. The topological polar surface area (TPSA) is 47.6 Å². The minimum Gasteiger partial charge on any atom is -0.462 e. The Kier molecular flexibility index (Phi) is 2.53. The lowest BCUT2D eigenvalue weighted by Gasteiger charge is -2.33. The second-order valence-corrected chi connectivity index (χ2v) is 3.78. The Hall–Kier alpha value is -1.65. The van der Waals surface area contributed by atoms with Gasteiger partial charge in [0.2, 0.25) is 0 Å². The molecular formula is C11H11F2N2O. The van der Waals surface area contributed by atoms with Crippen molar-refractivity contribution in [3.63, 3.8) is 0 Å². The van der Waals surface area contributed by atoms with Crippen molar-refractivity contribution < 1.29 is 13.5 Å². The van der Waals surface area contributed by atoms with Crippen LogP contribution in [-0.4, -0.2) is 18.8 Å². The van der Waals surface area contributed by atoms with Crippen molar-refractivity contribution in [2.24, 2.45) is 10.7 Å². The van der Waals surface area contributed by atoms with Gasteiger partial charge in [-0.15, -0.1) is 0 Å². The normalized spacial score (nSPS) is 29.4. The highest BCUT2D eigenvalue weighted by Gasteiger charge is 2.42. The number of halogens is 2. The van der Waals surface area contributed by atoms with Crippen molar-refractivity contribution in [2.45, 2.75) is 18.6 Å². The summed E-state index contributed by atoms with van der Waals surface area (Å²) in [4.78, 5) is 3.86. The van der Waals surface area contributed by atoms with E-state index in [-0.39, 0.29) is 18.2 Å². The fraction of sp³-hybridized carbons (Fsp3) is 0.364. The molecule has 5 heteroatoms. The number of rotatable bonds is 1. The van der Waals surface area contributed by atoms with Crippen molar-refractivity contribution in [1.29, 1.82) is 0 Å². The fourth-order valence-corrected chi connectivity index (χ4v) is 1.68. The zero-order valence-corrected chi connectivity index (χ0v) is 8.71. The van der Waals surface area contributed by atoms with Gasteiger partial charge in [-0.25, -0.2) is 13.8 Å². The van der Waals surface area contributed by atoms with Crippen LogP contribution >= 0.6 is 0 Å². The van der Waals surface area contributed by atoms with Crippen LogP contribution in [0.2, 0.25) is 0 Å². The summed E-state index contributed by atoms with van der Waals surface area (Å²) in [6.45, 7) is 1.26. The van der Waals surface area contributed by atoms with Crippen LogP contribution in [-0.2, 0) is 10.3 Å². The standard InChI is InChI=1S/C11H11F2N2O/c1-11(7-4-2-3-5-8(7)12)9(13)6-16-10(14)15-11/h3-5,9H,6H2,1H3,(H2,14,15)/t9-,11+/m0/s1. The van der Waals surface area contributed by atoms with Gasteiger partial charge in [0, 0.05) is 5.56 Å². The van der Waals surface area contributed by atoms with Gasteiger partial charge in [-0.05, 0) is 25.1 Å². The zero-order chi connectivity index (χ0) is 11.8. The van der Waals surface area contributed by atoms with Crippen molar-refractivity contribution in [2.75, 3.05) is 6.61 Å². The third-order valence-electron chi connectivity index (χ3n) is 2.69. The largest absolute Gasteiger partial charge is 0.462 e. The molecular weight excluding hydrogens is 214 g/mol. The molecule has 0 fully saturated rings. The highest BCUT2D eigenvalue weighted by Crippen LogP contribution is 2.35. The molecule has 0 saturated carbocycles. The van der Waals surface area contributed by atoms with Gasteiger partial charge in [-0.3, -0.25) is 0 Å². The Labute approximate surface area is 91.9 Å². The molecule has 0 spiro atoms. The number of nitrogens with zero attached hydrogens (tertiary/aromatic N) is 1. The van der Waals surface area contributed by atoms with Crippen molar-refractivity contribution in [3.8, 4) is 0 Å². The van der Waals surface area contributed by atoms with E-state index in [4.69, 9.17) is 10.5 Å². The van der Waals surface area contributed by atoms with Crippen molar-refractivity contribution in [1.82, 2.24) is 0 Å². The molecule has 0 bridgehead atoms. The predicted octanol–water partition coefficient (Wildman–Crippen LogP) is 1.52. The minimum absolute atomic E-state index is 0.125. The lowest BCUT2D eigenvalue weighted by atomic mass is 9.87. The van der Waals surface area contributed by atoms with E-state index in [2.05, 4.69) is 11.1 Å². The van der Waals surface area contributed by atoms with Crippen LogP contribution in [0, 0.1) is 11.9 Å². The average Bonchev–Trinajstić information content (AvgIpc) is 2.24. The maximum atomic E-state index is 13.8. The minimum atomic E-state index is -1.44. The van der Waals surface area contributed by atoms with E-state index in [1.807, 2.05) is 0 Å². The molecule has 1 aliphatic rings. The molecule has 0 saturated heterocycles. The lowest BCUT2D eigenvalue weighted by molar-refractivity contribution is 0.0923. The molecule has 3 nitrogen and oxygen atoms in total. The number of nitrogens with two attached hydrogens (primary N) is 1. The third kappa shape index (κ3) is 1.62. The Morgan fingerprint density at radius 3 is 3.12 bits per heavy atom. The Bertz CT molecular complexity index is 436. The molecule has 1 aromatic carbocycles. The molecule has 85 valence electrons. The first-order valence-corrected chi connectivity index (χ1v) is 4.82. The van der Waals surface area contributed by atoms with Crippen LogP contribution in [0.25, 0.3) is 0 Å². The lowest BCUT2D eigenvalue weighted by Crippen LogP contribution is -2.43. The van der Waals surface area contributed by atoms with Gasteiger partial charge in [-0.1, -0.05) is 6.07 Å². The number of aliphatic imine (C=N–C) groups is 1. The van der Waals surface area contributed by atoms with Gasteiger partial charge in [-0.2, -0.15) is 0 Å². The van der Waals surface area contributed by atoms with E-state index in [1.165, 1.54) is 25.1 Å². The number of hydrogen-bond acceptors (Lipinski definition) is 3. The molecule has 2 atom stereocenters. The summed E-state index contributed by atoms with van der Waals surface area (Å²) in [5.74, 6) is -0.526. The van der Waals surface area contributed by atoms with Crippen molar-refractivity contribution >= 4 is 6.02 Å². The SMILES string of the molecule is C[C@]1(c2c[c]ccc2F)N=C(N)OC[C@@H]1F. The smallest absolute Gasteiger partial charge is 0.283 e. The maximum absolute atomic E-state index is 13.8. The zero-order valence-electron chi connectivity index (χ0n) is 8.71. The summed E-state index contributed by atoms with van der Waals surface area (Å²) < 4.78 is 32.2. The summed E-state index contributed by atoms with van der Waals surface area (Å²) >= 11 is 0. The van der Waals surface area contributed by atoms with Crippen LogP contribution in [0.3, 0.4) is 0 Å². The number of alkyl halides is 1. The van der Waals surface area contributed by atoms with Crippen LogP contribution in [0.15, 0.2) is 23.2 Å². The molecule has 1 heterocycles. The molecule has 1 aromatic rings. The average molecular weight is 225 g/mol. The van der Waals surface area contributed by atoms with Gasteiger partial charge in [0.25, 0.3) is 6.02 Å². The highest BCUT2D eigenvalue weighted by atomic mass is 19.1. The van der Waals surface area contributed by atoms with E-state index in [0.717, 1.165) is 0 Å². The quantitative estimate of drug-likeness (QED) is 0.787. The van der Waals surface area contributed by atoms with Crippen LogP contribution in [0.1, 0.15) is 12.5 Å². The molecule has 2 rings (SSSR count). The number of amidine groups is 1. The molecule has 1 radical (unpaired) electrons. The first kappa shape index (κ1) is 10.9. The Morgan fingerprint density at radius 2 is 2.44 bits per heavy atom. The van der Waals surface area contributed by atoms with Gasteiger partial charge >= 0.3 is 0 Å². The summed E-state index contributed by atoms with van der Waals surface area (Å²) in [6.07, 6.45) is -1.44. The number of hydrogen-bond donors (Lipinski definition) is 1. The number of ether oxygens (including phenoxy) is 1. The number of benzene rings is 1. The molecule has 1 aliphatic heterocycles. The second kappa shape index (κ2) is 3.73. The Morgan fingerprint density at radius 1 is 1.69 bits per heavy atom. The molecule has 0 amide bonds. The monoisotopic (exact) mass is 225 g/mol. The third-order valence-corrected chi connectivity index (χ3v) is 2.69.